The van der Waals surface area contributed by atoms with E-state index in [1.165, 1.54) is 77.8 Å². The predicted molar refractivity (Wildman–Crippen MR) is 189 cm³/mol. The number of nitrogens with zero attached hydrogens (tertiary/aromatic N) is 6. The standard InChI is InChI=1S/C32H27BI2N6S/c1-2-3-4-5-6-7-16-42-18-14-15-19-22(17-18)30-38-32-26-21(11-9-13-24(26)35)29-37-31-25-20(10-8-12-23(25)34)28-36-27(19)39(30)33(40(28)31)41(29)32/h8-15,17,28H,2-7,16H2,1H3. The highest BCUT2D eigenvalue weighted by Crippen LogP contribution is 2.49. The van der Waals surface area contributed by atoms with Gasteiger partial charge in [-0.05, 0) is 87.7 Å². The van der Waals surface area contributed by atoms with Gasteiger partial charge in [0.25, 0.3) is 0 Å². The topological polar surface area (TPSA) is 50.2 Å². The third kappa shape index (κ3) is 3.54. The Morgan fingerprint density at radius 1 is 0.810 bits per heavy atom. The molecule has 0 fully saturated rings. The van der Waals surface area contributed by atoms with Crippen LogP contribution in [0, 0.1) is 7.14 Å². The summed E-state index contributed by atoms with van der Waals surface area (Å²) in [4.78, 5) is 20.0. The monoisotopic (exact) mass is 792 g/mol. The summed E-state index contributed by atoms with van der Waals surface area (Å²) in [6.45, 7) is 2.28. The lowest BCUT2D eigenvalue weighted by Crippen LogP contribution is -2.63. The van der Waals surface area contributed by atoms with Crippen molar-refractivity contribution in [2.75, 3.05) is 5.75 Å². The highest BCUT2D eigenvalue weighted by Gasteiger charge is 2.53. The number of benzene rings is 3. The van der Waals surface area contributed by atoms with Crippen LogP contribution < -0.4 is 11.0 Å². The highest BCUT2D eigenvalue weighted by atomic mass is 127. The fraction of sp³-hybridized carbons (Fsp3) is 0.281. The Bertz CT molecular complexity index is 2130. The van der Waals surface area contributed by atoms with Gasteiger partial charge in [0.1, 0.15) is 34.6 Å². The van der Waals surface area contributed by atoms with Crippen molar-refractivity contribution in [2.24, 2.45) is 15.0 Å². The minimum absolute atomic E-state index is 0.0921. The molecule has 42 heavy (non-hydrogen) atoms. The molecule has 4 aliphatic rings. The second-order valence-electron chi connectivity index (χ2n) is 11.5. The third-order valence-corrected chi connectivity index (χ3v) is 11.9. The normalized spacial score (nSPS) is 16.9. The number of hydrogen-bond donors (Lipinski definition) is 0. The number of aliphatic imine (C=N–C) groups is 1. The first-order valence-corrected chi connectivity index (χ1v) is 18.0. The van der Waals surface area contributed by atoms with Crippen molar-refractivity contribution in [3.8, 4) is 0 Å². The number of halogens is 2. The highest BCUT2D eigenvalue weighted by molar-refractivity contribution is 14.1. The number of amidine groups is 1. The maximum absolute atomic E-state index is 5.46. The first kappa shape index (κ1) is 26.1. The van der Waals surface area contributed by atoms with Crippen LogP contribution in [0.3, 0.4) is 0 Å². The van der Waals surface area contributed by atoms with E-state index in [1.54, 1.807) is 0 Å². The number of aromatic nitrogens is 2. The molecule has 0 amide bonds. The first-order valence-electron chi connectivity index (χ1n) is 14.9. The number of rotatable bonds is 8. The Labute approximate surface area is 275 Å². The van der Waals surface area contributed by atoms with Crippen LogP contribution in [0.4, 0.5) is 11.6 Å². The van der Waals surface area contributed by atoms with E-state index in [2.05, 4.69) is 120 Å². The van der Waals surface area contributed by atoms with E-state index in [0.717, 1.165) is 39.6 Å². The number of fused-ring (bicyclic) bond motifs is 9. The Morgan fingerprint density at radius 3 is 2.55 bits per heavy atom. The van der Waals surface area contributed by atoms with E-state index >= 15 is 0 Å². The molecular formula is C32H27BI2N6S. The van der Waals surface area contributed by atoms with Gasteiger partial charge >= 0.3 is 7.12 Å². The number of hydrogen-bond acceptors (Lipinski definition) is 5. The summed E-state index contributed by atoms with van der Waals surface area (Å²) in [5.41, 5.74) is 4.49. The molecule has 1 atom stereocenters. The van der Waals surface area contributed by atoms with Crippen molar-refractivity contribution in [1.29, 1.82) is 0 Å². The lowest BCUT2D eigenvalue weighted by molar-refractivity contribution is 0.443. The van der Waals surface area contributed by atoms with E-state index < -0.39 is 0 Å². The smallest absolute Gasteiger partial charge is 0.334 e. The van der Waals surface area contributed by atoms with Crippen molar-refractivity contribution >= 4 is 103 Å². The van der Waals surface area contributed by atoms with Crippen LogP contribution in [0.15, 0.2) is 74.5 Å². The van der Waals surface area contributed by atoms with Crippen LogP contribution >= 0.6 is 56.9 Å². The molecule has 1 unspecified atom stereocenters. The molecule has 0 aliphatic carbocycles. The van der Waals surface area contributed by atoms with Gasteiger partial charge in [-0.15, -0.1) is 11.8 Å². The molecule has 208 valence electrons. The molecule has 6 nitrogen and oxygen atoms in total. The van der Waals surface area contributed by atoms with E-state index in [1.807, 2.05) is 11.8 Å². The second kappa shape index (κ2) is 9.85. The molecule has 10 heteroatoms. The molecule has 0 spiro atoms. The lowest BCUT2D eigenvalue weighted by Gasteiger charge is -2.39. The van der Waals surface area contributed by atoms with Gasteiger partial charge in [0.2, 0.25) is 0 Å². The molecular weight excluding hydrogens is 765 g/mol. The summed E-state index contributed by atoms with van der Waals surface area (Å²) < 4.78 is 7.16. The quantitative estimate of drug-likeness (QED) is 0.0694. The first-order chi connectivity index (χ1) is 20.7. The number of thioether (sulfide) groups is 1. The zero-order valence-corrected chi connectivity index (χ0v) is 28.3. The average Bonchev–Trinajstić information content (AvgIpc) is 3.62. The Kier molecular flexibility index (Phi) is 6.13. The summed E-state index contributed by atoms with van der Waals surface area (Å²) in [5.74, 6) is 4.19. The molecule has 2 aromatic heterocycles. The lowest BCUT2D eigenvalue weighted by atomic mass is 9.85. The van der Waals surface area contributed by atoms with Gasteiger partial charge in [-0.2, -0.15) is 0 Å². The summed E-state index contributed by atoms with van der Waals surface area (Å²) in [5, 5.41) is 4.74. The van der Waals surface area contributed by atoms with Crippen molar-refractivity contribution in [3.63, 3.8) is 0 Å². The van der Waals surface area contributed by atoms with Crippen molar-refractivity contribution in [2.45, 2.75) is 56.5 Å². The maximum atomic E-state index is 5.46. The molecule has 6 heterocycles. The van der Waals surface area contributed by atoms with E-state index in [9.17, 15) is 0 Å². The van der Waals surface area contributed by atoms with Crippen molar-refractivity contribution < 1.29 is 0 Å². The van der Waals surface area contributed by atoms with E-state index in [0.29, 0.717) is 0 Å². The van der Waals surface area contributed by atoms with Gasteiger partial charge in [0, 0.05) is 44.7 Å². The SMILES string of the molecule is CCCCCCCCSc1ccc2c3n4c(c2c1)=Nc1c2c(I)cccc2c2n1B4N1C(=N2)c2c(I)cccc2C1N=3. The van der Waals surface area contributed by atoms with Crippen LogP contribution in [0.1, 0.15) is 62.7 Å². The summed E-state index contributed by atoms with van der Waals surface area (Å²) in [6, 6.07) is 20.0. The summed E-state index contributed by atoms with van der Waals surface area (Å²) in [6.07, 6.45) is 7.86. The maximum Gasteiger partial charge on any atom is 0.522 e. The third-order valence-electron chi connectivity index (χ3n) is 9.06. The zero-order valence-electron chi connectivity index (χ0n) is 23.1. The van der Waals surface area contributed by atoms with Gasteiger partial charge in [-0.1, -0.05) is 63.3 Å². The van der Waals surface area contributed by atoms with Gasteiger partial charge in [-0.25, -0.2) is 15.0 Å². The summed E-state index contributed by atoms with van der Waals surface area (Å²) in [7, 11) is -0.0921. The molecule has 0 N–H and O–H groups in total. The van der Waals surface area contributed by atoms with Gasteiger partial charge in [-0.3, -0.25) is 0 Å². The molecule has 0 bridgehead atoms. The largest absolute Gasteiger partial charge is 0.522 e. The average molecular weight is 792 g/mol. The van der Waals surface area contributed by atoms with Gasteiger partial charge < -0.3 is 13.8 Å². The van der Waals surface area contributed by atoms with Crippen LogP contribution in [-0.2, 0) is 0 Å². The van der Waals surface area contributed by atoms with Crippen LogP contribution in [0.5, 0.6) is 0 Å². The molecule has 0 saturated heterocycles. The molecule has 4 aliphatic heterocycles. The predicted octanol–water partition coefficient (Wildman–Crippen LogP) is 7.94. The number of unbranched alkanes of at least 4 members (excludes halogenated alkanes) is 5. The Hall–Kier alpha value is -2.32. The fourth-order valence-electron chi connectivity index (χ4n) is 7.17. The van der Waals surface area contributed by atoms with Crippen molar-refractivity contribution in [1.82, 2.24) is 13.8 Å². The van der Waals surface area contributed by atoms with E-state index in [4.69, 9.17) is 15.0 Å². The van der Waals surface area contributed by atoms with Gasteiger partial charge in [0.05, 0.1) is 0 Å². The summed E-state index contributed by atoms with van der Waals surface area (Å²) >= 11 is 6.90. The van der Waals surface area contributed by atoms with Crippen LogP contribution in [0.25, 0.3) is 21.5 Å². The van der Waals surface area contributed by atoms with Crippen molar-refractivity contribution in [3.05, 3.63) is 83.8 Å². The Morgan fingerprint density at radius 2 is 1.64 bits per heavy atom. The molecule has 3 aromatic carbocycles. The molecule has 0 radical (unpaired) electrons. The molecule has 0 saturated carbocycles. The fourth-order valence-corrected chi connectivity index (χ4v) is 9.62. The minimum atomic E-state index is -0.109. The zero-order chi connectivity index (χ0) is 28.1. The minimum Gasteiger partial charge on any atom is -0.334 e. The molecule has 5 aromatic rings. The van der Waals surface area contributed by atoms with E-state index in [-0.39, 0.29) is 13.3 Å². The molecule has 9 rings (SSSR count). The second-order valence-corrected chi connectivity index (χ2v) is 15.0. The van der Waals surface area contributed by atoms with Gasteiger partial charge in [0.15, 0.2) is 0 Å². The van der Waals surface area contributed by atoms with Crippen LogP contribution in [0.2, 0.25) is 0 Å². The van der Waals surface area contributed by atoms with Crippen LogP contribution in [-0.4, -0.2) is 32.5 Å². The Balaban J connectivity index is 1.26.